The highest BCUT2D eigenvalue weighted by molar-refractivity contribution is 7.13. The maximum atomic E-state index is 11.8. The summed E-state index contributed by atoms with van der Waals surface area (Å²) in [4.78, 5) is 23.7. The van der Waals surface area contributed by atoms with Crippen LogP contribution >= 0.6 is 11.3 Å². The molecule has 2 aromatic rings. The van der Waals surface area contributed by atoms with E-state index >= 15 is 0 Å². The van der Waals surface area contributed by atoms with E-state index in [1.54, 1.807) is 0 Å². The number of amides is 1. The number of hydrogen-bond acceptors (Lipinski definition) is 5. The van der Waals surface area contributed by atoms with Crippen LogP contribution in [0, 0.1) is 0 Å². The number of anilines is 1. The van der Waals surface area contributed by atoms with Crippen molar-refractivity contribution in [3.05, 3.63) is 35.4 Å². The summed E-state index contributed by atoms with van der Waals surface area (Å²) >= 11 is 1.43. The minimum Gasteiger partial charge on any atom is -0.298 e. The standard InChI is InChI=1S/C11H12N4OS/c1-2-3-9-6-17-11(14-9)15-10(16)8-4-12-7-13-5-8/h4-7H,2-3H2,1H3,(H,14,15,16). The molecule has 0 aromatic carbocycles. The van der Waals surface area contributed by atoms with Crippen molar-refractivity contribution in [2.75, 3.05) is 5.32 Å². The van der Waals surface area contributed by atoms with Gasteiger partial charge in [0.05, 0.1) is 11.3 Å². The van der Waals surface area contributed by atoms with Crippen molar-refractivity contribution >= 4 is 22.4 Å². The molecule has 2 heterocycles. The Kier molecular flexibility index (Phi) is 3.77. The van der Waals surface area contributed by atoms with Gasteiger partial charge in [0.15, 0.2) is 5.13 Å². The van der Waals surface area contributed by atoms with Crippen LogP contribution in [-0.2, 0) is 6.42 Å². The third kappa shape index (κ3) is 3.07. The van der Waals surface area contributed by atoms with Crippen molar-refractivity contribution in [2.45, 2.75) is 19.8 Å². The zero-order valence-electron chi connectivity index (χ0n) is 9.38. The average molecular weight is 248 g/mol. The number of carbonyl (C=O) groups is 1. The lowest BCUT2D eigenvalue weighted by Gasteiger charge is -1.99. The van der Waals surface area contributed by atoms with Gasteiger partial charge in [-0.15, -0.1) is 11.3 Å². The first-order valence-corrected chi connectivity index (χ1v) is 6.18. The van der Waals surface area contributed by atoms with E-state index in [0.29, 0.717) is 10.7 Å². The van der Waals surface area contributed by atoms with Crippen LogP contribution < -0.4 is 5.32 Å². The van der Waals surface area contributed by atoms with Crippen molar-refractivity contribution in [1.29, 1.82) is 0 Å². The molecule has 0 unspecified atom stereocenters. The van der Waals surface area contributed by atoms with Gasteiger partial charge < -0.3 is 0 Å². The molecule has 0 aliphatic heterocycles. The molecule has 0 aliphatic rings. The summed E-state index contributed by atoms with van der Waals surface area (Å²) in [5, 5.41) is 5.30. The van der Waals surface area contributed by atoms with Crippen LogP contribution in [0.5, 0.6) is 0 Å². The molecule has 0 atom stereocenters. The highest BCUT2D eigenvalue weighted by atomic mass is 32.1. The van der Waals surface area contributed by atoms with Gasteiger partial charge in [0.1, 0.15) is 6.33 Å². The van der Waals surface area contributed by atoms with Gasteiger partial charge >= 0.3 is 0 Å². The lowest BCUT2D eigenvalue weighted by atomic mass is 10.3. The van der Waals surface area contributed by atoms with Crippen molar-refractivity contribution in [1.82, 2.24) is 15.0 Å². The summed E-state index contributed by atoms with van der Waals surface area (Å²) in [6, 6.07) is 0. The van der Waals surface area contributed by atoms with Crippen LogP contribution in [0.2, 0.25) is 0 Å². The number of nitrogens with zero attached hydrogens (tertiary/aromatic N) is 3. The zero-order valence-corrected chi connectivity index (χ0v) is 10.2. The normalized spacial score (nSPS) is 10.2. The van der Waals surface area contributed by atoms with Gasteiger partial charge in [-0.1, -0.05) is 13.3 Å². The monoisotopic (exact) mass is 248 g/mol. The van der Waals surface area contributed by atoms with Crippen molar-refractivity contribution in [2.24, 2.45) is 0 Å². The van der Waals surface area contributed by atoms with E-state index in [2.05, 4.69) is 27.2 Å². The third-order valence-corrected chi connectivity index (χ3v) is 2.91. The van der Waals surface area contributed by atoms with Crippen LogP contribution in [0.1, 0.15) is 29.4 Å². The predicted molar refractivity (Wildman–Crippen MR) is 66.1 cm³/mol. The van der Waals surface area contributed by atoms with Gasteiger partial charge in [-0.25, -0.2) is 15.0 Å². The summed E-state index contributed by atoms with van der Waals surface area (Å²) in [5.41, 5.74) is 1.44. The van der Waals surface area contributed by atoms with Crippen LogP contribution in [-0.4, -0.2) is 20.9 Å². The Morgan fingerprint density at radius 2 is 2.18 bits per heavy atom. The van der Waals surface area contributed by atoms with Crippen LogP contribution in [0.15, 0.2) is 24.1 Å². The second-order valence-corrected chi connectivity index (χ2v) is 4.33. The Labute approximate surface area is 103 Å². The molecule has 0 saturated heterocycles. The summed E-state index contributed by atoms with van der Waals surface area (Å²) in [6.07, 6.45) is 6.32. The van der Waals surface area contributed by atoms with E-state index in [4.69, 9.17) is 0 Å². The molecule has 0 fully saturated rings. The molecular weight excluding hydrogens is 236 g/mol. The summed E-state index contributed by atoms with van der Waals surface area (Å²) in [5.74, 6) is -0.233. The Balaban J connectivity index is 2.03. The molecule has 0 bridgehead atoms. The van der Waals surface area contributed by atoms with E-state index in [-0.39, 0.29) is 5.91 Å². The van der Waals surface area contributed by atoms with Gasteiger partial charge in [-0.2, -0.15) is 0 Å². The fourth-order valence-electron chi connectivity index (χ4n) is 1.32. The largest absolute Gasteiger partial charge is 0.298 e. The van der Waals surface area contributed by atoms with Crippen LogP contribution in [0.3, 0.4) is 0 Å². The molecule has 0 saturated carbocycles. The second-order valence-electron chi connectivity index (χ2n) is 3.48. The summed E-state index contributed by atoms with van der Waals surface area (Å²) < 4.78 is 0. The number of hydrogen-bond donors (Lipinski definition) is 1. The number of thiazole rings is 1. The SMILES string of the molecule is CCCc1csc(NC(=O)c2cncnc2)n1. The van der Waals surface area contributed by atoms with Gasteiger partial charge in [0, 0.05) is 17.8 Å². The molecule has 0 radical (unpaired) electrons. The topological polar surface area (TPSA) is 67.8 Å². The van der Waals surface area contributed by atoms with E-state index in [1.165, 1.54) is 30.1 Å². The maximum Gasteiger partial charge on any atom is 0.260 e. The number of carbonyl (C=O) groups excluding carboxylic acids is 1. The van der Waals surface area contributed by atoms with Gasteiger partial charge in [-0.05, 0) is 6.42 Å². The first-order chi connectivity index (χ1) is 8.29. The molecule has 6 heteroatoms. The van der Waals surface area contributed by atoms with Crippen LogP contribution in [0.4, 0.5) is 5.13 Å². The Morgan fingerprint density at radius 1 is 1.41 bits per heavy atom. The van der Waals surface area contributed by atoms with Crippen molar-refractivity contribution in [3.63, 3.8) is 0 Å². The summed E-state index contributed by atoms with van der Waals surface area (Å²) in [6.45, 7) is 2.10. The predicted octanol–water partition coefficient (Wildman–Crippen LogP) is 2.14. The molecule has 0 aliphatic carbocycles. The van der Waals surface area contributed by atoms with E-state index in [0.717, 1.165) is 18.5 Å². The van der Waals surface area contributed by atoms with E-state index in [1.807, 2.05) is 5.38 Å². The minimum absolute atomic E-state index is 0.233. The molecule has 17 heavy (non-hydrogen) atoms. The maximum absolute atomic E-state index is 11.8. The molecule has 5 nitrogen and oxygen atoms in total. The minimum atomic E-state index is -0.233. The second kappa shape index (κ2) is 5.49. The molecule has 1 amide bonds. The molecular formula is C11H12N4OS. The van der Waals surface area contributed by atoms with Crippen LogP contribution in [0.25, 0.3) is 0 Å². The number of nitrogens with one attached hydrogen (secondary N) is 1. The first kappa shape index (κ1) is 11.7. The fourth-order valence-corrected chi connectivity index (χ4v) is 2.06. The number of rotatable bonds is 4. The average Bonchev–Trinajstić information content (AvgIpc) is 2.78. The number of aryl methyl sites for hydroxylation is 1. The Morgan fingerprint density at radius 3 is 2.88 bits per heavy atom. The molecule has 1 N–H and O–H groups in total. The highest BCUT2D eigenvalue weighted by Crippen LogP contribution is 2.17. The highest BCUT2D eigenvalue weighted by Gasteiger charge is 2.08. The lowest BCUT2D eigenvalue weighted by molar-refractivity contribution is 0.102. The van der Waals surface area contributed by atoms with Gasteiger partial charge in [-0.3, -0.25) is 10.1 Å². The lowest BCUT2D eigenvalue weighted by Crippen LogP contribution is -2.12. The zero-order chi connectivity index (χ0) is 12.1. The molecule has 2 rings (SSSR count). The quantitative estimate of drug-likeness (QED) is 0.900. The summed E-state index contributed by atoms with van der Waals surface area (Å²) in [7, 11) is 0. The van der Waals surface area contributed by atoms with Crippen molar-refractivity contribution < 1.29 is 4.79 Å². The number of aromatic nitrogens is 3. The van der Waals surface area contributed by atoms with Crippen molar-refractivity contribution in [3.8, 4) is 0 Å². The van der Waals surface area contributed by atoms with Gasteiger partial charge in [0.2, 0.25) is 0 Å². The molecule has 0 spiro atoms. The third-order valence-electron chi connectivity index (χ3n) is 2.10. The molecule has 2 aromatic heterocycles. The van der Waals surface area contributed by atoms with Gasteiger partial charge in [0.25, 0.3) is 5.91 Å². The smallest absolute Gasteiger partial charge is 0.260 e. The van der Waals surface area contributed by atoms with E-state index < -0.39 is 0 Å². The first-order valence-electron chi connectivity index (χ1n) is 5.30. The Bertz CT molecular complexity index is 497. The van der Waals surface area contributed by atoms with E-state index in [9.17, 15) is 4.79 Å². The Hall–Kier alpha value is -1.82. The molecule has 88 valence electrons. The fraction of sp³-hybridized carbons (Fsp3) is 0.273.